The van der Waals surface area contributed by atoms with Crippen LogP contribution in [-0.2, 0) is 44.6 Å². The van der Waals surface area contributed by atoms with Gasteiger partial charge >= 0.3 is 0 Å². The average Bonchev–Trinajstić information content (AvgIpc) is 3.51. The van der Waals surface area contributed by atoms with Gasteiger partial charge in [0.15, 0.2) is 5.78 Å². The molecule has 1 unspecified atom stereocenters. The topological polar surface area (TPSA) is 199 Å². The summed E-state index contributed by atoms with van der Waals surface area (Å²) >= 11 is 1.11. The van der Waals surface area contributed by atoms with Crippen LogP contribution in [0.1, 0.15) is 33.6 Å². The summed E-state index contributed by atoms with van der Waals surface area (Å²) in [6.45, 7) is 0.835. The van der Waals surface area contributed by atoms with Crippen LogP contribution in [0.5, 0.6) is 0 Å². The van der Waals surface area contributed by atoms with E-state index < -0.39 is 80.5 Å². The molecule has 0 saturated carbocycles. The Kier molecular flexibility index (Phi) is 14.6. The van der Waals surface area contributed by atoms with Crippen LogP contribution in [0.2, 0.25) is 0 Å². The van der Waals surface area contributed by atoms with Gasteiger partial charge in [0.1, 0.15) is 45.7 Å². The van der Waals surface area contributed by atoms with Crippen molar-refractivity contribution in [3.63, 3.8) is 0 Å². The van der Waals surface area contributed by atoms with Gasteiger partial charge in [-0.05, 0) is 44.4 Å². The highest BCUT2D eigenvalue weighted by Gasteiger charge is 2.40. The molecular formula is C32H38F2N4O10S2. The molecule has 0 fully saturated rings. The highest BCUT2D eigenvalue weighted by atomic mass is 32.2. The van der Waals surface area contributed by atoms with Gasteiger partial charge in [-0.3, -0.25) is 23.4 Å². The first kappa shape index (κ1) is 40.2. The second-order valence-corrected chi connectivity index (χ2v) is 14.1. The molecular weight excluding hydrogens is 703 g/mol. The van der Waals surface area contributed by atoms with Gasteiger partial charge in [0.2, 0.25) is 11.8 Å². The molecule has 50 heavy (non-hydrogen) atoms. The maximum absolute atomic E-state index is 14.2. The molecule has 3 amide bonds. The van der Waals surface area contributed by atoms with Crippen molar-refractivity contribution in [2.75, 3.05) is 34.0 Å². The summed E-state index contributed by atoms with van der Waals surface area (Å²) < 4.78 is 67.8. The maximum atomic E-state index is 14.2. The molecule has 14 nitrogen and oxygen atoms in total. The lowest BCUT2D eigenvalue weighted by molar-refractivity contribution is -0.143. The van der Waals surface area contributed by atoms with Crippen molar-refractivity contribution in [1.82, 2.24) is 20.9 Å². The van der Waals surface area contributed by atoms with Gasteiger partial charge in [-0.25, -0.2) is 13.8 Å². The quantitative estimate of drug-likeness (QED) is 0.130. The Labute approximate surface area is 291 Å². The van der Waals surface area contributed by atoms with E-state index in [1.165, 1.54) is 20.4 Å². The zero-order valence-corrected chi connectivity index (χ0v) is 29.2. The SMILES string of the molecule is COC[C@H](NC(=O)c1cnc(C)s1)C(=O)N[C@@H](COC)C(=O)N[C@@H](CCc1ccccc1)C(=O)C(C)(O)COS(=O)(=O)c1ccc(F)cc1F. The molecule has 0 aliphatic carbocycles. The number of aliphatic hydroxyl groups is 1. The maximum Gasteiger partial charge on any atom is 0.300 e. The number of thiazole rings is 1. The van der Waals surface area contributed by atoms with Crippen LogP contribution < -0.4 is 16.0 Å². The number of Topliss-reactive ketones (excluding diaryl/α,β-unsaturated/α-hetero) is 1. The lowest BCUT2D eigenvalue weighted by atomic mass is 9.91. The Morgan fingerprint density at radius 2 is 1.54 bits per heavy atom. The van der Waals surface area contributed by atoms with Gasteiger partial charge in [-0.1, -0.05) is 30.3 Å². The predicted octanol–water partition coefficient (Wildman–Crippen LogP) is 1.45. The fraction of sp³-hybridized carbons (Fsp3) is 0.406. The number of carbonyl (C=O) groups is 4. The van der Waals surface area contributed by atoms with Gasteiger partial charge in [-0.2, -0.15) is 8.42 Å². The number of amides is 3. The zero-order valence-electron chi connectivity index (χ0n) is 27.6. The second-order valence-electron chi connectivity index (χ2n) is 11.3. The van der Waals surface area contributed by atoms with E-state index in [0.29, 0.717) is 23.2 Å². The number of aryl methyl sites for hydroxylation is 2. The number of hydrogen-bond acceptors (Lipinski definition) is 12. The number of methoxy groups -OCH3 is 2. The molecule has 1 heterocycles. The minimum Gasteiger partial charge on any atom is -0.382 e. The lowest BCUT2D eigenvalue weighted by Gasteiger charge is -2.29. The van der Waals surface area contributed by atoms with E-state index >= 15 is 0 Å². The Morgan fingerprint density at radius 1 is 0.940 bits per heavy atom. The molecule has 3 aromatic rings. The summed E-state index contributed by atoms with van der Waals surface area (Å²) in [6, 6.07) is 6.34. The third-order valence-electron chi connectivity index (χ3n) is 7.15. The molecule has 1 aromatic heterocycles. The number of ether oxygens (including phenoxy) is 2. The number of aromatic nitrogens is 1. The van der Waals surface area contributed by atoms with E-state index in [9.17, 15) is 41.5 Å². The highest BCUT2D eigenvalue weighted by molar-refractivity contribution is 7.86. The first-order valence-corrected chi connectivity index (χ1v) is 17.3. The van der Waals surface area contributed by atoms with Crippen molar-refractivity contribution in [2.45, 2.75) is 55.3 Å². The van der Waals surface area contributed by atoms with E-state index in [1.54, 1.807) is 37.3 Å². The van der Waals surface area contributed by atoms with Gasteiger partial charge in [0.25, 0.3) is 16.0 Å². The van der Waals surface area contributed by atoms with Gasteiger partial charge in [0.05, 0.1) is 30.5 Å². The van der Waals surface area contributed by atoms with Crippen molar-refractivity contribution in [2.24, 2.45) is 0 Å². The number of benzene rings is 2. The van der Waals surface area contributed by atoms with Crippen LogP contribution in [-0.4, -0.2) is 99.8 Å². The minimum atomic E-state index is -4.90. The molecule has 0 aliphatic heterocycles. The average molecular weight is 741 g/mol. The summed E-state index contributed by atoms with van der Waals surface area (Å²) in [4.78, 5) is 56.4. The predicted molar refractivity (Wildman–Crippen MR) is 176 cm³/mol. The number of carbonyl (C=O) groups excluding carboxylic acids is 4. The summed E-state index contributed by atoms with van der Waals surface area (Å²) in [5.74, 6) is -5.87. The molecule has 4 atom stereocenters. The molecule has 2 aromatic carbocycles. The Morgan fingerprint density at radius 3 is 2.10 bits per heavy atom. The third kappa shape index (κ3) is 11.4. The van der Waals surface area contributed by atoms with Gasteiger partial charge < -0.3 is 30.5 Å². The molecule has 0 saturated heterocycles. The Hall–Kier alpha value is -4.20. The van der Waals surface area contributed by atoms with Crippen LogP contribution in [0, 0.1) is 18.6 Å². The van der Waals surface area contributed by atoms with E-state index in [-0.39, 0.29) is 30.9 Å². The van der Waals surface area contributed by atoms with E-state index in [0.717, 1.165) is 23.8 Å². The van der Waals surface area contributed by atoms with Gasteiger partial charge in [0, 0.05) is 20.3 Å². The third-order valence-corrected chi connectivity index (χ3v) is 9.36. The Bertz CT molecular complexity index is 1760. The number of ketones is 1. The molecule has 0 radical (unpaired) electrons. The fourth-order valence-electron chi connectivity index (χ4n) is 4.54. The summed E-state index contributed by atoms with van der Waals surface area (Å²) in [6.07, 6.45) is 1.48. The lowest BCUT2D eigenvalue weighted by Crippen LogP contribution is -2.59. The minimum absolute atomic E-state index is 0.0889. The van der Waals surface area contributed by atoms with Crippen LogP contribution in [0.4, 0.5) is 8.78 Å². The van der Waals surface area contributed by atoms with E-state index in [4.69, 9.17) is 13.7 Å². The molecule has 18 heteroatoms. The molecule has 3 rings (SSSR count). The standard InChI is InChI=1S/C32H38F2N4O10S2/c1-19-35-15-26(49-19)31(42)38-25(17-47-4)30(41)37-24(16-46-3)29(40)36-23(12-10-20-8-6-5-7-9-20)28(39)32(2,43)18-48-50(44,45)27-13-11-21(33)14-22(27)34/h5-9,11,13-15,23-25,43H,10,12,16-18H2,1-4H3,(H,36,40)(H,37,41)(H,38,42)/t23-,24-,25-,32?/m0/s1. The Balaban J connectivity index is 1.79. The van der Waals surface area contributed by atoms with E-state index in [1.807, 2.05) is 0 Å². The fourth-order valence-corrected chi connectivity index (χ4v) is 6.27. The molecule has 0 aliphatic rings. The second kappa shape index (κ2) is 18.2. The van der Waals surface area contributed by atoms with E-state index in [2.05, 4.69) is 20.9 Å². The van der Waals surface area contributed by atoms with Crippen molar-refractivity contribution < 1.29 is 55.1 Å². The van der Waals surface area contributed by atoms with Crippen molar-refractivity contribution in [3.8, 4) is 0 Å². The first-order chi connectivity index (χ1) is 23.6. The summed E-state index contributed by atoms with van der Waals surface area (Å²) in [7, 11) is -2.33. The number of nitrogens with one attached hydrogen (secondary N) is 3. The normalized spacial score (nSPS) is 14.5. The van der Waals surface area contributed by atoms with Crippen molar-refractivity contribution in [1.29, 1.82) is 0 Å². The van der Waals surface area contributed by atoms with Crippen LogP contribution in [0.3, 0.4) is 0 Å². The largest absolute Gasteiger partial charge is 0.382 e. The molecule has 0 bridgehead atoms. The van der Waals surface area contributed by atoms with Crippen molar-refractivity contribution >= 4 is 45.0 Å². The molecule has 272 valence electrons. The molecule has 0 spiro atoms. The smallest absolute Gasteiger partial charge is 0.300 e. The molecule has 4 N–H and O–H groups in total. The zero-order chi connectivity index (χ0) is 37.1. The number of rotatable bonds is 19. The van der Waals surface area contributed by atoms with Crippen LogP contribution >= 0.6 is 11.3 Å². The van der Waals surface area contributed by atoms with Crippen LogP contribution in [0.25, 0.3) is 0 Å². The summed E-state index contributed by atoms with van der Waals surface area (Å²) in [5.41, 5.74) is -1.79. The summed E-state index contributed by atoms with van der Waals surface area (Å²) in [5, 5.41) is 19.2. The first-order valence-electron chi connectivity index (χ1n) is 15.0. The van der Waals surface area contributed by atoms with Crippen LogP contribution in [0.15, 0.2) is 59.6 Å². The number of halogens is 2. The number of hydrogen-bond donors (Lipinski definition) is 4. The highest BCUT2D eigenvalue weighted by Crippen LogP contribution is 2.21. The van der Waals surface area contributed by atoms with Gasteiger partial charge in [-0.15, -0.1) is 11.3 Å². The number of nitrogens with zero attached hydrogens (tertiary/aromatic N) is 1. The van der Waals surface area contributed by atoms with Crippen molar-refractivity contribution in [3.05, 3.63) is 81.8 Å². The monoisotopic (exact) mass is 740 g/mol.